The van der Waals surface area contributed by atoms with Crippen LogP contribution in [0.2, 0.25) is 0 Å². The number of carbonyl (C=O) groups is 1. The quantitative estimate of drug-likeness (QED) is 0.928. The van der Waals surface area contributed by atoms with E-state index in [2.05, 4.69) is 25.2 Å². The Labute approximate surface area is 136 Å². The molecule has 22 heavy (non-hydrogen) atoms. The van der Waals surface area contributed by atoms with Gasteiger partial charge in [0, 0.05) is 35.4 Å². The summed E-state index contributed by atoms with van der Waals surface area (Å²) in [6.45, 7) is 12.7. The zero-order valence-electron chi connectivity index (χ0n) is 14.1. The first-order chi connectivity index (χ1) is 10.2. The fourth-order valence-electron chi connectivity index (χ4n) is 3.39. The van der Waals surface area contributed by atoms with E-state index in [4.69, 9.17) is 4.74 Å². The molecule has 4 nitrogen and oxygen atoms in total. The van der Waals surface area contributed by atoms with Crippen molar-refractivity contribution in [3.8, 4) is 0 Å². The number of fused-ring (bicyclic) bond motifs is 1. The maximum absolute atomic E-state index is 12.0. The second kappa shape index (κ2) is 5.53. The van der Waals surface area contributed by atoms with Gasteiger partial charge in [-0.25, -0.2) is 4.79 Å². The molecule has 2 heterocycles. The predicted molar refractivity (Wildman–Crippen MR) is 89.2 cm³/mol. The molecule has 0 bridgehead atoms. The number of likely N-dealkylation sites (tertiary alicyclic amines) is 1. The molecule has 2 aliphatic rings. The molecule has 1 aliphatic carbocycles. The molecular weight excluding hydrogens is 296 g/mol. The molecule has 122 valence electrons. The number of hydrogen-bond donors (Lipinski definition) is 1. The Balaban J connectivity index is 1.45. The van der Waals surface area contributed by atoms with Crippen LogP contribution < -0.4 is 5.32 Å². The van der Waals surface area contributed by atoms with Crippen molar-refractivity contribution >= 4 is 17.4 Å². The average Bonchev–Trinajstić information content (AvgIpc) is 2.72. The van der Waals surface area contributed by atoms with E-state index in [1.807, 2.05) is 37.0 Å². The zero-order valence-corrected chi connectivity index (χ0v) is 14.9. The lowest BCUT2D eigenvalue weighted by atomic mass is 10.2. The van der Waals surface area contributed by atoms with E-state index in [-0.39, 0.29) is 6.09 Å². The number of ether oxygens (including phenoxy) is 1. The number of rotatable bonds is 3. The van der Waals surface area contributed by atoms with Crippen molar-refractivity contribution in [2.24, 2.45) is 11.8 Å². The molecule has 5 heteroatoms. The van der Waals surface area contributed by atoms with E-state index in [0.29, 0.717) is 17.9 Å². The third kappa shape index (κ3) is 3.30. The zero-order chi connectivity index (χ0) is 16.1. The van der Waals surface area contributed by atoms with Crippen LogP contribution >= 0.6 is 11.3 Å². The Bertz CT molecular complexity index is 564. The standard InChI is InChI=1S/C17H26N2O2S/c1-10-6-12(11(2)22-10)7-18-15-13-8-19(9-14(13)15)16(20)21-17(3,4)5/h6,13-15,18H,7-9H2,1-5H3. The van der Waals surface area contributed by atoms with E-state index >= 15 is 0 Å². The number of piperidine rings is 1. The molecule has 2 atom stereocenters. The summed E-state index contributed by atoms with van der Waals surface area (Å²) in [4.78, 5) is 16.7. The maximum Gasteiger partial charge on any atom is 0.410 e. The SMILES string of the molecule is Cc1cc(CNC2C3CN(C(=O)OC(C)(C)C)CC32)c(C)s1. The molecule has 1 aliphatic heterocycles. The highest BCUT2D eigenvalue weighted by Crippen LogP contribution is 2.46. The fourth-order valence-corrected chi connectivity index (χ4v) is 4.34. The van der Waals surface area contributed by atoms with Gasteiger partial charge in [0.1, 0.15) is 5.60 Å². The smallest absolute Gasteiger partial charge is 0.410 e. The summed E-state index contributed by atoms with van der Waals surface area (Å²) in [6, 6.07) is 2.84. The summed E-state index contributed by atoms with van der Waals surface area (Å²) in [5, 5.41) is 3.66. The number of amides is 1. The van der Waals surface area contributed by atoms with Crippen LogP contribution in [-0.4, -0.2) is 35.7 Å². The van der Waals surface area contributed by atoms with Gasteiger partial charge in [0.15, 0.2) is 0 Å². The molecule has 1 saturated heterocycles. The van der Waals surface area contributed by atoms with Crippen molar-refractivity contribution < 1.29 is 9.53 Å². The van der Waals surface area contributed by atoms with E-state index in [0.717, 1.165) is 19.6 Å². The monoisotopic (exact) mass is 322 g/mol. The third-order valence-electron chi connectivity index (χ3n) is 4.52. The van der Waals surface area contributed by atoms with Gasteiger partial charge in [-0.1, -0.05) is 0 Å². The second-order valence-electron chi connectivity index (χ2n) is 7.56. The van der Waals surface area contributed by atoms with Gasteiger partial charge >= 0.3 is 6.09 Å². The summed E-state index contributed by atoms with van der Waals surface area (Å²) < 4.78 is 5.44. The highest BCUT2D eigenvalue weighted by atomic mass is 32.1. The van der Waals surface area contributed by atoms with E-state index in [9.17, 15) is 4.79 Å². The Kier molecular flexibility index (Phi) is 3.98. The predicted octanol–water partition coefficient (Wildman–Crippen LogP) is 3.32. The molecule has 2 fully saturated rings. The Morgan fingerprint density at radius 3 is 2.50 bits per heavy atom. The molecule has 1 N–H and O–H groups in total. The highest BCUT2D eigenvalue weighted by molar-refractivity contribution is 7.12. The summed E-state index contributed by atoms with van der Waals surface area (Å²) in [5.74, 6) is 1.21. The number of carbonyl (C=O) groups excluding carboxylic acids is 1. The van der Waals surface area contributed by atoms with Crippen LogP contribution in [0.5, 0.6) is 0 Å². The fraction of sp³-hybridized carbons (Fsp3) is 0.706. The van der Waals surface area contributed by atoms with Crippen LogP contribution in [0.15, 0.2) is 6.07 Å². The minimum absolute atomic E-state index is 0.164. The molecule has 0 spiro atoms. The normalized spacial score (nSPS) is 27.0. The first-order valence-electron chi connectivity index (χ1n) is 8.02. The number of thiophene rings is 1. The molecule has 1 aromatic rings. The molecule has 0 aromatic carbocycles. The number of nitrogens with zero attached hydrogens (tertiary/aromatic N) is 1. The van der Waals surface area contributed by atoms with E-state index in [1.54, 1.807) is 0 Å². The Morgan fingerprint density at radius 1 is 1.36 bits per heavy atom. The van der Waals surface area contributed by atoms with Crippen LogP contribution in [0, 0.1) is 25.7 Å². The molecule has 1 saturated carbocycles. The first-order valence-corrected chi connectivity index (χ1v) is 8.83. The van der Waals surface area contributed by atoms with Crippen LogP contribution in [0.1, 0.15) is 36.1 Å². The van der Waals surface area contributed by atoms with Crippen molar-refractivity contribution in [1.29, 1.82) is 0 Å². The number of aryl methyl sites for hydroxylation is 2. The lowest BCUT2D eigenvalue weighted by Gasteiger charge is -2.26. The largest absolute Gasteiger partial charge is 0.444 e. The van der Waals surface area contributed by atoms with Crippen molar-refractivity contribution in [2.75, 3.05) is 13.1 Å². The topological polar surface area (TPSA) is 41.6 Å². The molecule has 1 amide bonds. The Morgan fingerprint density at radius 2 is 2.00 bits per heavy atom. The highest BCUT2D eigenvalue weighted by Gasteiger charge is 2.56. The molecule has 2 unspecified atom stereocenters. The van der Waals surface area contributed by atoms with Gasteiger partial charge in [-0.2, -0.15) is 0 Å². The van der Waals surface area contributed by atoms with Crippen LogP contribution in [0.25, 0.3) is 0 Å². The lowest BCUT2D eigenvalue weighted by Crippen LogP contribution is -2.39. The van der Waals surface area contributed by atoms with Crippen LogP contribution in [0.3, 0.4) is 0 Å². The van der Waals surface area contributed by atoms with Crippen LogP contribution in [-0.2, 0) is 11.3 Å². The molecular formula is C17H26N2O2S. The summed E-state index contributed by atoms with van der Waals surface area (Å²) in [7, 11) is 0. The maximum atomic E-state index is 12.0. The van der Waals surface area contributed by atoms with Crippen molar-refractivity contribution in [1.82, 2.24) is 10.2 Å². The van der Waals surface area contributed by atoms with Crippen molar-refractivity contribution in [2.45, 2.75) is 52.8 Å². The average molecular weight is 322 g/mol. The Hall–Kier alpha value is -1.07. The lowest BCUT2D eigenvalue weighted by molar-refractivity contribution is 0.0269. The molecule has 0 radical (unpaired) electrons. The van der Waals surface area contributed by atoms with Gasteiger partial charge in [0.05, 0.1) is 0 Å². The van der Waals surface area contributed by atoms with Gasteiger partial charge in [-0.15, -0.1) is 11.3 Å². The van der Waals surface area contributed by atoms with Gasteiger partial charge in [0.25, 0.3) is 0 Å². The third-order valence-corrected chi connectivity index (χ3v) is 5.53. The molecule has 3 rings (SSSR count). The first kappa shape index (κ1) is 15.8. The van der Waals surface area contributed by atoms with Gasteiger partial charge < -0.3 is 15.0 Å². The minimum atomic E-state index is -0.407. The van der Waals surface area contributed by atoms with Gasteiger partial charge in [-0.05, 0) is 58.1 Å². The van der Waals surface area contributed by atoms with Crippen molar-refractivity contribution in [3.05, 3.63) is 21.4 Å². The summed E-state index contributed by atoms with van der Waals surface area (Å²) >= 11 is 1.86. The van der Waals surface area contributed by atoms with Gasteiger partial charge in [-0.3, -0.25) is 0 Å². The molecule has 1 aromatic heterocycles. The summed E-state index contributed by atoms with van der Waals surface area (Å²) in [5.41, 5.74) is 1.01. The van der Waals surface area contributed by atoms with E-state index in [1.165, 1.54) is 15.3 Å². The van der Waals surface area contributed by atoms with Gasteiger partial charge in [0.2, 0.25) is 0 Å². The number of hydrogen-bond acceptors (Lipinski definition) is 4. The minimum Gasteiger partial charge on any atom is -0.444 e. The second-order valence-corrected chi connectivity index (χ2v) is 9.02. The summed E-state index contributed by atoms with van der Waals surface area (Å²) in [6.07, 6.45) is -0.164. The van der Waals surface area contributed by atoms with Crippen molar-refractivity contribution in [3.63, 3.8) is 0 Å². The van der Waals surface area contributed by atoms with Crippen LogP contribution in [0.4, 0.5) is 4.79 Å². The van der Waals surface area contributed by atoms with E-state index < -0.39 is 5.60 Å². The number of nitrogens with one attached hydrogen (secondary N) is 1.